The Balaban J connectivity index is 1.45. The number of rotatable bonds is 6. The fourth-order valence-corrected chi connectivity index (χ4v) is 3.32. The summed E-state index contributed by atoms with van der Waals surface area (Å²) in [6, 6.07) is 14.0. The second kappa shape index (κ2) is 7.51. The molecule has 0 fully saturated rings. The zero-order valence-corrected chi connectivity index (χ0v) is 15.0. The molecule has 0 saturated carbocycles. The summed E-state index contributed by atoms with van der Waals surface area (Å²) in [5.41, 5.74) is 2.10. The molecule has 1 aromatic heterocycles. The number of carbonyl (C=O) groups is 1. The van der Waals surface area contributed by atoms with E-state index in [2.05, 4.69) is 10.3 Å². The molecule has 4 rings (SSSR count). The number of fused-ring (bicyclic) bond motifs is 2. The lowest BCUT2D eigenvalue weighted by Gasteiger charge is -2.29. The van der Waals surface area contributed by atoms with Gasteiger partial charge in [-0.3, -0.25) is 19.9 Å². The second-order valence-electron chi connectivity index (χ2n) is 6.37. The molecule has 28 heavy (non-hydrogen) atoms. The van der Waals surface area contributed by atoms with Gasteiger partial charge in [-0.2, -0.15) is 0 Å². The molecule has 0 aliphatic carbocycles. The molecule has 8 nitrogen and oxygen atoms in total. The molecular formula is C20H18N4O4. The third kappa shape index (κ3) is 3.32. The Bertz CT molecular complexity index is 1050. The van der Waals surface area contributed by atoms with Crippen LogP contribution >= 0.6 is 0 Å². The molecule has 1 amide bonds. The van der Waals surface area contributed by atoms with E-state index in [1.54, 1.807) is 29.3 Å². The van der Waals surface area contributed by atoms with Crippen molar-refractivity contribution in [1.82, 2.24) is 4.98 Å². The molecular weight excluding hydrogens is 360 g/mol. The van der Waals surface area contributed by atoms with Gasteiger partial charge in [0, 0.05) is 25.4 Å². The topological polar surface area (TPSA) is 97.6 Å². The van der Waals surface area contributed by atoms with Crippen molar-refractivity contribution in [3.8, 4) is 5.75 Å². The van der Waals surface area contributed by atoms with E-state index in [0.29, 0.717) is 36.2 Å². The minimum atomic E-state index is -0.407. The van der Waals surface area contributed by atoms with E-state index in [0.717, 1.165) is 11.4 Å². The first-order chi connectivity index (χ1) is 13.6. The van der Waals surface area contributed by atoms with Crippen molar-refractivity contribution in [2.24, 2.45) is 0 Å². The van der Waals surface area contributed by atoms with Gasteiger partial charge in [0.15, 0.2) is 6.61 Å². The van der Waals surface area contributed by atoms with Crippen molar-refractivity contribution >= 4 is 33.9 Å². The van der Waals surface area contributed by atoms with Gasteiger partial charge < -0.3 is 15.0 Å². The summed E-state index contributed by atoms with van der Waals surface area (Å²) in [5.74, 6) is 0.641. The molecule has 8 heteroatoms. The molecule has 1 aliphatic rings. The monoisotopic (exact) mass is 378 g/mol. The minimum Gasteiger partial charge on any atom is -0.482 e. The zero-order chi connectivity index (χ0) is 19.5. The van der Waals surface area contributed by atoms with Crippen LogP contribution in [0.25, 0.3) is 10.9 Å². The van der Waals surface area contributed by atoms with E-state index in [4.69, 9.17) is 4.74 Å². The van der Waals surface area contributed by atoms with Crippen molar-refractivity contribution < 1.29 is 14.5 Å². The Morgan fingerprint density at radius 1 is 1.18 bits per heavy atom. The highest BCUT2D eigenvalue weighted by molar-refractivity contribution is 5.98. The first-order valence-corrected chi connectivity index (χ1v) is 8.93. The van der Waals surface area contributed by atoms with E-state index in [9.17, 15) is 14.9 Å². The van der Waals surface area contributed by atoms with Gasteiger partial charge in [0.05, 0.1) is 21.7 Å². The summed E-state index contributed by atoms with van der Waals surface area (Å²) in [6.07, 6.45) is 2.31. The van der Waals surface area contributed by atoms with Crippen LogP contribution in [0.15, 0.2) is 54.7 Å². The number of amides is 1. The Morgan fingerprint density at radius 3 is 2.89 bits per heavy atom. The van der Waals surface area contributed by atoms with Gasteiger partial charge in [0.25, 0.3) is 11.6 Å². The Morgan fingerprint density at radius 2 is 2.04 bits per heavy atom. The van der Waals surface area contributed by atoms with Crippen LogP contribution in [0, 0.1) is 10.1 Å². The van der Waals surface area contributed by atoms with E-state index in [1.807, 2.05) is 24.3 Å². The standard InChI is InChI=1S/C20H18N4O4/c25-19-13-28-18-7-2-1-6-17(18)23(19)12-4-11-21-15-8-9-16(24(26)27)14-5-3-10-22-20(14)15/h1-3,5-10,21H,4,11-13H2. The Kier molecular flexibility index (Phi) is 4.76. The largest absolute Gasteiger partial charge is 0.482 e. The van der Waals surface area contributed by atoms with E-state index in [-0.39, 0.29) is 18.2 Å². The van der Waals surface area contributed by atoms with Crippen LogP contribution in [0.1, 0.15) is 6.42 Å². The fraction of sp³-hybridized carbons (Fsp3) is 0.200. The quantitative estimate of drug-likeness (QED) is 0.401. The summed E-state index contributed by atoms with van der Waals surface area (Å²) in [5, 5.41) is 15.0. The molecule has 1 N–H and O–H groups in total. The number of nitrogens with zero attached hydrogens (tertiary/aromatic N) is 3. The lowest BCUT2D eigenvalue weighted by Crippen LogP contribution is -2.39. The third-order valence-electron chi connectivity index (χ3n) is 4.63. The number of nitro benzene ring substituents is 1. The molecule has 0 spiro atoms. The number of pyridine rings is 1. The van der Waals surface area contributed by atoms with Crippen LogP contribution in [0.5, 0.6) is 5.75 Å². The lowest BCUT2D eigenvalue weighted by atomic mass is 10.1. The molecule has 0 bridgehead atoms. The molecule has 142 valence electrons. The molecule has 0 radical (unpaired) electrons. The van der Waals surface area contributed by atoms with Gasteiger partial charge in [0.1, 0.15) is 11.3 Å². The van der Waals surface area contributed by atoms with Crippen LogP contribution in [0.3, 0.4) is 0 Å². The maximum Gasteiger partial charge on any atom is 0.278 e. The maximum absolute atomic E-state index is 12.2. The van der Waals surface area contributed by atoms with Gasteiger partial charge in [0.2, 0.25) is 0 Å². The summed E-state index contributed by atoms with van der Waals surface area (Å²) in [6.45, 7) is 1.18. The third-order valence-corrected chi connectivity index (χ3v) is 4.63. The van der Waals surface area contributed by atoms with Crippen molar-refractivity contribution in [3.63, 3.8) is 0 Å². The number of non-ortho nitro benzene ring substituents is 1. The molecule has 0 unspecified atom stereocenters. The Labute approximate surface area is 160 Å². The van der Waals surface area contributed by atoms with Crippen LogP contribution in [-0.4, -0.2) is 35.5 Å². The highest BCUT2D eigenvalue weighted by Crippen LogP contribution is 2.32. The Hall–Kier alpha value is -3.68. The molecule has 3 aromatic rings. The molecule has 0 atom stereocenters. The van der Waals surface area contributed by atoms with E-state index >= 15 is 0 Å². The van der Waals surface area contributed by atoms with Gasteiger partial charge in [-0.25, -0.2) is 0 Å². The SMILES string of the molecule is O=C1COc2ccccc2N1CCCNc1ccc([N+](=O)[O-])c2cccnc12. The smallest absolute Gasteiger partial charge is 0.278 e. The number of hydrogen-bond acceptors (Lipinski definition) is 6. The number of para-hydroxylation sites is 2. The molecule has 2 aromatic carbocycles. The van der Waals surface area contributed by atoms with E-state index in [1.165, 1.54) is 6.07 Å². The minimum absolute atomic E-state index is 0.0316. The zero-order valence-electron chi connectivity index (χ0n) is 15.0. The number of benzene rings is 2. The van der Waals surface area contributed by atoms with Crippen LogP contribution in [-0.2, 0) is 4.79 Å². The number of ether oxygens (including phenoxy) is 1. The van der Waals surface area contributed by atoms with Crippen molar-refractivity contribution in [2.45, 2.75) is 6.42 Å². The van der Waals surface area contributed by atoms with Crippen LogP contribution in [0.4, 0.5) is 17.1 Å². The van der Waals surface area contributed by atoms with Crippen molar-refractivity contribution in [2.75, 3.05) is 29.9 Å². The number of carbonyl (C=O) groups excluding carboxylic acids is 1. The number of hydrogen-bond donors (Lipinski definition) is 1. The number of nitro groups is 1. The van der Waals surface area contributed by atoms with Gasteiger partial charge in [-0.15, -0.1) is 0 Å². The average Bonchev–Trinajstić information content (AvgIpc) is 2.72. The van der Waals surface area contributed by atoms with Gasteiger partial charge >= 0.3 is 0 Å². The van der Waals surface area contributed by atoms with Crippen LogP contribution < -0.4 is 15.0 Å². The summed E-state index contributed by atoms with van der Waals surface area (Å²) < 4.78 is 5.45. The number of anilines is 2. The first kappa shape index (κ1) is 17.7. The number of nitrogens with one attached hydrogen (secondary N) is 1. The lowest BCUT2D eigenvalue weighted by molar-refractivity contribution is -0.383. The van der Waals surface area contributed by atoms with Crippen molar-refractivity contribution in [1.29, 1.82) is 0 Å². The normalized spacial score (nSPS) is 13.1. The first-order valence-electron chi connectivity index (χ1n) is 8.93. The highest BCUT2D eigenvalue weighted by Gasteiger charge is 2.24. The van der Waals surface area contributed by atoms with Crippen LogP contribution in [0.2, 0.25) is 0 Å². The maximum atomic E-state index is 12.2. The molecule has 2 heterocycles. The number of aromatic nitrogens is 1. The van der Waals surface area contributed by atoms with Gasteiger partial charge in [-0.05, 0) is 36.8 Å². The van der Waals surface area contributed by atoms with E-state index < -0.39 is 4.92 Å². The molecule has 0 saturated heterocycles. The summed E-state index contributed by atoms with van der Waals surface area (Å²) in [4.78, 5) is 29.0. The average molecular weight is 378 g/mol. The predicted molar refractivity (Wildman–Crippen MR) is 106 cm³/mol. The highest BCUT2D eigenvalue weighted by atomic mass is 16.6. The summed E-state index contributed by atoms with van der Waals surface area (Å²) in [7, 11) is 0. The fourth-order valence-electron chi connectivity index (χ4n) is 3.32. The predicted octanol–water partition coefficient (Wildman–Crippen LogP) is 3.37. The second-order valence-corrected chi connectivity index (χ2v) is 6.37. The molecule has 1 aliphatic heterocycles. The van der Waals surface area contributed by atoms with Gasteiger partial charge in [-0.1, -0.05) is 12.1 Å². The van der Waals surface area contributed by atoms with Crippen molar-refractivity contribution in [3.05, 3.63) is 64.8 Å². The summed E-state index contributed by atoms with van der Waals surface area (Å²) >= 11 is 0.